The largest absolute Gasteiger partial charge is 0.481 e. The lowest BCUT2D eigenvalue weighted by Crippen LogP contribution is -2.49. The lowest BCUT2D eigenvalue weighted by Gasteiger charge is -2.27. The first-order chi connectivity index (χ1) is 16.2. The third kappa shape index (κ3) is 4.93. The van der Waals surface area contributed by atoms with E-state index in [-0.39, 0.29) is 36.7 Å². The molecule has 7 heteroatoms. The summed E-state index contributed by atoms with van der Waals surface area (Å²) in [6.45, 7) is 4.98. The molecule has 180 valence electrons. The van der Waals surface area contributed by atoms with Crippen LogP contribution in [0.4, 0.5) is 4.79 Å². The highest BCUT2D eigenvalue weighted by molar-refractivity contribution is 5.86. The van der Waals surface area contributed by atoms with Gasteiger partial charge in [0.15, 0.2) is 0 Å². The molecule has 2 aliphatic carbocycles. The normalized spacial score (nSPS) is 21.2. The standard InChI is InChI=1S/C27H32N2O5/c1-17-14-27(17,2)16-29(3)25(32)23(12-13-24(30)31)28-26(33)34-15-22-20-10-6-4-8-18(20)19-9-5-7-11-21(19)22/h4-11,17,22-23H,12-16H2,1-3H3,(H,28,33)(H,30,31). The van der Waals surface area contributed by atoms with Gasteiger partial charge in [-0.05, 0) is 46.4 Å². The molecule has 0 saturated heterocycles. The Balaban J connectivity index is 1.41. The summed E-state index contributed by atoms with van der Waals surface area (Å²) in [5.41, 5.74) is 4.53. The monoisotopic (exact) mass is 464 g/mol. The van der Waals surface area contributed by atoms with E-state index in [0.717, 1.165) is 28.7 Å². The number of hydrogen-bond donors (Lipinski definition) is 2. The van der Waals surface area contributed by atoms with Gasteiger partial charge in [0.1, 0.15) is 12.6 Å². The van der Waals surface area contributed by atoms with Crippen LogP contribution in [0, 0.1) is 11.3 Å². The minimum absolute atomic E-state index is 0.00890. The van der Waals surface area contributed by atoms with Crippen LogP contribution < -0.4 is 5.32 Å². The molecule has 3 unspecified atom stereocenters. The molecule has 0 bridgehead atoms. The molecule has 2 aromatic carbocycles. The van der Waals surface area contributed by atoms with Gasteiger partial charge in [-0.25, -0.2) is 4.79 Å². The number of carboxylic acid groups (broad SMARTS) is 1. The average molecular weight is 465 g/mol. The maximum atomic E-state index is 13.1. The molecule has 0 spiro atoms. The van der Waals surface area contributed by atoms with Gasteiger partial charge < -0.3 is 20.1 Å². The quantitative estimate of drug-likeness (QED) is 0.578. The molecular formula is C27H32N2O5. The number of nitrogens with one attached hydrogen (secondary N) is 1. The van der Waals surface area contributed by atoms with Crippen LogP contribution in [0.25, 0.3) is 11.1 Å². The number of amides is 2. The Hall–Kier alpha value is -3.35. The van der Waals surface area contributed by atoms with Crippen LogP contribution in [-0.2, 0) is 14.3 Å². The summed E-state index contributed by atoms with van der Waals surface area (Å²) < 4.78 is 5.57. The predicted octanol–water partition coefficient (Wildman–Crippen LogP) is 4.26. The number of nitrogens with zero attached hydrogens (tertiary/aromatic N) is 1. The van der Waals surface area contributed by atoms with E-state index in [4.69, 9.17) is 9.84 Å². The van der Waals surface area contributed by atoms with Crippen molar-refractivity contribution in [2.75, 3.05) is 20.2 Å². The molecule has 2 N–H and O–H groups in total. The van der Waals surface area contributed by atoms with E-state index in [0.29, 0.717) is 12.5 Å². The van der Waals surface area contributed by atoms with Gasteiger partial charge in [-0.15, -0.1) is 0 Å². The number of aliphatic carboxylic acids is 1. The highest BCUT2D eigenvalue weighted by Gasteiger charge is 2.48. The molecule has 3 atom stereocenters. The van der Waals surface area contributed by atoms with Gasteiger partial charge >= 0.3 is 12.1 Å². The van der Waals surface area contributed by atoms with Crippen LogP contribution in [0.5, 0.6) is 0 Å². The predicted molar refractivity (Wildman–Crippen MR) is 128 cm³/mol. The topological polar surface area (TPSA) is 95.9 Å². The zero-order chi connectivity index (χ0) is 24.5. The molecule has 2 aliphatic rings. The van der Waals surface area contributed by atoms with E-state index >= 15 is 0 Å². The van der Waals surface area contributed by atoms with Gasteiger partial charge in [0.25, 0.3) is 0 Å². The second-order valence-corrected chi connectivity index (χ2v) is 9.91. The number of fused-ring (bicyclic) bond motifs is 3. The maximum Gasteiger partial charge on any atom is 0.407 e. The lowest BCUT2D eigenvalue weighted by atomic mass is 9.98. The van der Waals surface area contributed by atoms with E-state index in [1.54, 1.807) is 11.9 Å². The smallest absolute Gasteiger partial charge is 0.407 e. The summed E-state index contributed by atoms with van der Waals surface area (Å²) in [4.78, 5) is 38.5. The molecular weight excluding hydrogens is 432 g/mol. The lowest BCUT2D eigenvalue weighted by molar-refractivity contribution is -0.138. The molecule has 34 heavy (non-hydrogen) atoms. The first-order valence-corrected chi connectivity index (χ1v) is 11.8. The molecule has 1 saturated carbocycles. The van der Waals surface area contributed by atoms with Crippen LogP contribution in [0.3, 0.4) is 0 Å². The Kier molecular flexibility index (Phi) is 6.64. The minimum atomic E-state index is -1.02. The third-order valence-corrected chi connectivity index (χ3v) is 7.36. The number of alkyl carbamates (subject to hydrolysis) is 1. The fourth-order valence-corrected chi connectivity index (χ4v) is 5.05. The van der Waals surface area contributed by atoms with Crippen molar-refractivity contribution >= 4 is 18.0 Å². The number of carbonyl (C=O) groups is 3. The summed E-state index contributed by atoms with van der Waals surface area (Å²) in [6, 6.07) is 15.2. The molecule has 0 aromatic heterocycles. The summed E-state index contributed by atoms with van der Waals surface area (Å²) in [5, 5.41) is 11.7. The van der Waals surface area contributed by atoms with Crippen LogP contribution >= 0.6 is 0 Å². The number of likely N-dealkylation sites (N-methyl/N-ethyl adjacent to an activating group) is 1. The van der Waals surface area contributed by atoms with E-state index < -0.39 is 18.1 Å². The Bertz CT molecular complexity index is 1050. The van der Waals surface area contributed by atoms with Gasteiger partial charge in [-0.2, -0.15) is 0 Å². The van der Waals surface area contributed by atoms with Crippen LogP contribution in [-0.4, -0.2) is 54.2 Å². The second kappa shape index (κ2) is 9.49. The highest BCUT2D eigenvalue weighted by atomic mass is 16.5. The Morgan fingerprint density at radius 1 is 1.12 bits per heavy atom. The zero-order valence-electron chi connectivity index (χ0n) is 19.9. The Morgan fingerprint density at radius 3 is 2.21 bits per heavy atom. The molecule has 0 radical (unpaired) electrons. The zero-order valence-corrected chi connectivity index (χ0v) is 19.9. The van der Waals surface area contributed by atoms with Crippen molar-refractivity contribution in [3.05, 3.63) is 59.7 Å². The molecule has 7 nitrogen and oxygen atoms in total. The third-order valence-electron chi connectivity index (χ3n) is 7.36. The van der Waals surface area contributed by atoms with Gasteiger partial charge in [0, 0.05) is 25.9 Å². The van der Waals surface area contributed by atoms with Crippen molar-refractivity contribution in [2.24, 2.45) is 11.3 Å². The second-order valence-electron chi connectivity index (χ2n) is 9.91. The summed E-state index contributed by atoms with van der Waals surface area (Å²) in [7, 11) is 1.70. The van der Waals surface area contributed by atoms with Crippen LogP contribution in [0.1, 0.15) is 50.2 Å². The first kappa shape index (κ1) is 23.8. The Labute approximate surface area is 200 Å². The summed E-state index contributed by atoms with van der Waals surface area (Å²) in [6.07, 6.45) is 0.116. The highest BCUT2D eigenvalue weighted by Crippen LogP contribution is 2.52. The van der Waals surface area contributed by atoms with Crippen LogP contribution in [0.2, 0.25) is 0 Å². The van der Waals surface area contributed by atoms with E-state index in [9.17, 15) is 14.4 Å². The van der Waals surface area contributed by atoms with Crippen molar-refractivity contribution in [3.8, 4) is 11.1 Å². The van der Waals surface area contributed by atoms with E-state index in [1.807, 2.05) is 36.4 Å². The number of carboxylic acids is 1. The van der Waals surface area contributed by atoms with Crippen molar-refractivity contribution in [1.82, 2.24) is 10.2 Å². The average Bonchev–Trinajstić information content (AvgIpc) is 3.27. The number of benzene rings is 2. The van der Waals surface area contributed by atoms with Crippen molar-refractivity contribution in [1.29, 1.82) is 0 Å². The number of carbonyl (C=O) groups excluding carboxylic acids is 2. The maximum absolute atomic E-state index is 13.1. The minimum Gasteiger partial charge on any atom is -0.481 e. The molecule has 2 amide bonds. The SMILES string of the molecule is CC1CC1(C)CN(C)C(=O)C(CCC(=O)O)NC(=O)OCC1c2ccccc2-c2ccccc21. The van der Waals surface area contributed by atoms with Crippen LogP contribution in [0.15, 0.2) is 48.5 Å². The van der Waals surface area contributed by atoms with Gasteiger partial charge in [0.05, 0.1) is 0 Å². The van der Waals surface area contributed by atoms with Gasteiger partial charge in [0.2, 0.25) is 5.91 Å². The summed E-state index contributed by atoms with van der Waals surface area (Å²) in [5.74, 6) is -0.867. The fourth-order valence-electron chi connectivity index (χ4n) is 5.05. The number of ether oxygens (including phenoxy) is 1. The molecule has 4 rings (SSSR count). The van der Waals surface area contributed by atoms with Crippen molar-refractivity contribution < 1.29 is 24.2 Å². The molecule has 1 fully saturated rings. The first-order valence-electron chi connectivity index (χ1n) is 11.8. The van der Waals surface area contributed by atoms with Crippen molar-refractivity contribution in [2.45, 2.75) is 45.1 Å². The van der Waals surface area contributed by atoms with Crippen molar-refractivity contribution in [3.63, 3.8) is 0 Å². The van der Waals surface area contributed by atoms with Gasteiger partial charge in [-0.3, -0.25) is 9.59 Å². The van der Waals surface area contributed by atoms with Gasteiger partial charge in [-0.1, -0.05) is 62.4 Å². The molecule has 0 heterocycles. The Morgan fingerprint density at radius 2 is 1.68 bits per heavy atom. The number of rotatable bonds is 9. The van der Waals surface area contributed by atoms with E-state index in [1.165, 1.54) is 0 Å². The fraction of sp³-hybridized carbons (Fsp3) is 0.444. The molecule has 0 aliphatic heterocycles. The number of hydrogen-bond acceptors (Lipinski definition) is 4. The summed E-state index contributed by atoms with van der Waals surface area (Å²) >= 11 is 0. The van der Waals surface area contributed by atoms with E-state index in [2.05, 4.69) is 31.3 Å². The molecule has 2 aromatic rings.